The number of fused-ring (bicyclic) bond motifs is 3. The summed E-state index contributed by atoms with van der Waals surface area (Å²) in [4.78, 5) is 28.7. The standard InChI is InChI=1S/C28H37N3OS2/c1-17-5-6-21-22(9-17)34-26-24(21)25(33-16-23(32)31-7-3-2-4-8-31)29-27(30-26)28-13-18-10-19(14-28)12-20(11-18)15-28/h17-20H,2-16H2,1H3/t17-,18?,19?,20?,28?/m1/s1. The molecule has 0 radical (unpaired) electrons. The SMILES string of the molecule is C[C@@H]1CCc2c(sc3nc(C45CC6CC(CC(C6)C4)C5)nc(SCC(=O)N4CCCCC4)c23)C1. The largest absolute Gasteiger partial charge is 0.342 e. The summed E-state index contributed by atoms with van der Waals surface area (Å²) in [6.45, 7) is 4.25. The van der Waals surface area contributed by atoms with Crippen molar-refractivity contribution in [1.29, 1.82) is 0 Å². The van der Waals surface area contributed by atoms with Crippen molar-refractivity contribution in [2.75, 3.05) is 18.8 Å². The Balaban J connectivity index is 1.27. The number of carbonyl (C=O) groups is 1. The summed E-state index contributed by atoms with van der Waals surface area (Å²) in [5.74, 6) is 5.38. The van der Waals surface area contributed by atoms with Gasteiger partial charge in [0.2, 0.25) is 5.91 Å². The van der Waals surface area contributed by atoms with Gasteiger partial charge in [-0.15, -0.1) is 11.3 Å². The topological polar surface area (TPSA) is 46.1 Å². The second kappa shape index (κ2) is 8.47. The van der Waals surface area contributed by atoms with Gasteiger partial charge in [-0.3, -0.25) is 4.79 Å². The maximum atomic E-state index is 13.0. The minimum atomic E-state index is 0.201. The molecule has 0 aromatic carbocycles. The minimum Gasteiger partial charge on any atom is -0.342 e. The predicted octanol–water partition coefficient (Wildman–Crippen LogP) is 6.39. The maximum Gasteiger partial charge on any atom is 0.232 e. The van der Waals surface area contributed by atoms with Crippen LogP contribution in [0.1, 0.15) is 87.4 Å². The molecule has 0 spiro atoms. The molecule has 4 saturated carbocycles. The number of likely N-dealkylation sites (tertiary alicyclic amines) is 1. The van der Waals surface area contributed by atoms with Gasteiger partial charge in [0, 0.05) is 28.8 Å². The van der Waals surface area contributed by atoms with Crippen LogP contribution in [-0.4, -0.2) is 39.6 Å². The lowest BCUT2D eigenvalue weighted by atomic mass is 9.49. The lowest BCUT2D eigenvalue weighted by molar-refractivity contribution is -0.129. The molecule has 2 aromatic rings. The van der Waals surface area contributed by atoms with E-state index < -0.39 is 0 Å². The zero-order chi connectivity index (χ0) is 22.9. The van der Waals surface area contributed by atoms with E-state index in [1.165, 1.54) is 78.4 Å². The van der Waals surface area contributed by atoms with Gasteiger partial charge in [-0.1, -0.05) is 18.7 Å². The Morgan fingerprint density at radius 3 is 2.47 bits per heavy atom. The molecule has 0 unspecified atom stereocenters. The highest BCUT2D eigenvalue weighted by Crippen LogP contribution is 2.60. The van der Waals surface area contributed by atoms with Crippen molar-refractivity contribution in [3.05, 3.63) is 16.3 Å². The van der Waals surface area contributed by atoms with Crippen LogP contribution in [0.5, 0.6) is 0 Å². The second-order valence-corrected chi connectivity index (χ2v) is 14.4. The molecule has 1 saturated heterocycles. The Bertz CT molecular complexity index is 1080. The number of thiophene rings is 1. The summed E-state index contributed by atoms with van der Waals surface area (Å²) in [6, 6.07) is 0. The monoisotopic (exact) mass is 495 g/mol. The average Bonchev–Trinajstić information content (AvgIpc) is 3.19. The predicted molar refractivity (Wildman–Crippen MR) is 140 cm³/mol. The third-order valence-electron chi connectivity index (χ3n) is 9.68. The second-order valence-electron chi connectivity index (χ2n) is 12.3. The molecule has 3 heterocycles. The summed E-state index contributed by atoms with van der Waals surface area (Å²) in [5, 5.41) is 2.42. The van der Waals surface area contributed by atoms with Crippen molar-refractivity contribution in [1.82, 2.24) is 14.9 Å². The van der Waals surface area contributed by atoms with Gasteiger partial charge in [0.1, 0.15) is 15.7 Å². The van der Waals surface area contributed by atoms with E-state index in [1.807, 2.05) is 11.3 Å². The molecule has 0 N–H and O–H groups in total. The Morgan fingerprint density at radius 1 is 1.06 bits per heavy atom. The van der Waals surface area contributed by atoms with Gasteiger partial charge >= 0.3 is 0 Å². The van der Waals surface area contributed by atoms with E-state index in [4.69, 9.17) is 9.97 Å². The number of piperidine rings is 1. The molecule has 5 aliphatic carbocycles. The summed E-state index contributed by atoms with van der Waals surface area (Å²) in [5.41, 5.74) is 1.70. The number of rotatable bonds is 4. The third-order valence-corrected chi connectivity index (χ3v) is 11.8. The highest BCUT2D eigenvalue weighted by molar-refractivity contribution is 8.00. The fourth-order valence-corrected chi connectivity index (χ4v) is 10.8. The van der Waals surface area contributed by atoms with Gasteiger partial charge in [-0.2, -0.15) is 0 Å². The normalized spacial score (nSPS) is 34.6. The van der Waals surface area contributed by atoms with Gasteiger partial charge in [0.15, 0.2) is 0 Å². The molecule has 34 heavy (non-hydrogen) atoms. The van der Waals surface area contributed by atoms with Crippen molar-refractivity contribution < 1.29 is 4.79 Å². The zero-order valence-electron chi connectivity index (χ0n) is 20.5. The number of carbonyl (C=O) groups excluding carboxylic acids is 1. The van der Waals surface area contributed by atoms with E-state index in [0.29, 0.717) is 11.7 Å². The molecule has 1 atom stereocenters. The minimum absolute atomic E-state index is 0.201. The molecule has 5 fully saturated rings. The molecule has 1 aliphatic heterocycles. The van der Waals surface area contributed by atoms with Crippen LogP contribution in [0.2, 0.25) is 0 Å². The Morgan fingerprint density at radius 2 is 1.76 bits per heavy atom. The highest BCUT2D eigenvalue weighted by Gasteiger charge is 2.53. The molecule has 4 nitrogen and oxygen atoms in total. The maximum absolute atomic E-state index is 13.0. The van der Waals surface area contributed by atoms with Gasteiger partial charge in [0.05, 0.1) is 5.75 Å². The molecule has 6 heteroatoms. The number of nitrogens with zero attached hydrogens (tertiary/aromatic N) is 3. The lowest BCUT2D eigenvalue weighted by Crippen LogP contribution is -2.49. The van der Waals surface area contributed by atoms with Crippen molar-refractivity contribution in [3.63, 3.8) is 0 Å². The molecular weight excluding hydrogens is 458 g/mol. The Kier molecular flexibility index (Phi) is 5.50. The van der Waals surface area contributed by atoms with E-state index in [9.17, 15) is 4.79 Å². The number of hydrogen-bond donors (Lipinski definition) is 0. The number of amides is 1. The van der Waals surface area contributed by atoms with Crippen molar-refractivity contribution in [3.8, 4) is 0 Å². The quantitative estimate of drug-likeness (QED) is 0.364. The van der Waals surface area contributed by atoms with Gasteiger partial charge in [0.25, 0.3) is 0 Å². The molecule has 8 rings (SSSR count). The number of thioether (sulfide) groups is 1. The van der Waals surface area contributed by atoms with Crippen molar-refractivity contribution >= 4 is 39.2 Å². The van der Waals surface area contributed by atoms with Crippen LogP contribution in [-0.2, 0) is 23.1 Å². The molecular formula is C28H37N3OS2. The molecule has 4 bridgehead atoms. The van der Waals surface area contributed by atoms with E-state index >= 15 is 0 Å². The first-order valence-corrected chi connectivity index (χ1v) is 15.6. The lowest BCUT2D eigenvalue weighted by Gasteiger charge is -2.56. The number of aryl methyl sites for hydroxylation is 1. The molecule has 6 aliphatic rings. The number of hydrogen-bond acceptors (Lipinski definition) is 5. The van der Waals surface area contributed by atoms with E-state index in [1.54, 1.807) is 11.8 Å². The summed E-state index contributed by atoms with van der Waals surface area (Å²) in [6.07, 6.45) is 15.4. The van der Waals surface area contributed by atoms with E-state index in [-0.39, 0.29) is 5.41 Å². The number of aromatic nitrogens is 2. The fourth-order valence-electron chi connectivity index (χ4n) is 8.40. The van der Waals surface area contributed by atoms with Crippen LogP contribution in [0, 0.1) is 23.7 Å². The van der Waals surface area contributed by atoms with Crippen LogP contribution in [0.3, 0.4) is 0 Å². The van der Waals surface area contributed by atoms with Crippen molar-refractivity contribution in [2.45, 2.75) is 94.4 Å². The van der Waals surface area contributed by atoms with Crippen molar-refractivity contribution in [2.24, 2.45) is 23.7 Å². The van der Waals surface area contributed by atoms with Gasteiger partial charge in [-0.05, 0) is 106 Å². The van der Waals surface area contributed by atoms with Gasteiger partial charge in [-0.25, -0.2) is 9.97 Å². The van der Waals surface area contributed by atoms with Crippen LogP contribution >= 0.6 is 23.1 Å². The molecule has 2 aromatic heterocycles. The molecule has 182 valence electrons. The first-order valence-electron chi connectivity index (χ1n) is 13.8. The Hall–Kier alpha value is -1.14. The third kappa shape index (κ3) is 3.73. The van der Waals surface area contributed by atoms with Crippen LogP contribution in [0.15, 0.2) is 5.03 Å². The summed E-state index contributed by atoms with van der Waals surface area (Å²) >= 11 is 3.65. The smallest absolute Gasteiger partial charge is 0.232 e. The average molecular weight is 496 g/mol. The first kappa shape index (κ1) is 22.1. The molecule has 1 amide bonds. The van der Waals surface area contributed by atoms with Crippen LogP contribution in [0.25, 0.3) is 10.2 Å². The van der Waals surface area contributed by atoms with Crippen LogP contribution < -0.4 is 0 Å². The van der Waals surface area contributed by atoms with Gasteiger partial charge < -0.3 is 4.90 Å². The first-order chi connectivity index (χ1) is 16.6. The van der Waals surface area contributed by atoms with E-state index in [2.05, 4.69) is 11.8 Å². The fraction of sp³-hybridized carbons (Fsp3) is 0.750. The highest BCUT2D eigenvalue weighted by atomic mass is 32.2. The summed E-state index contributed by atoms with van der Waals surface area (Å²) < 4.78 is 0. The van der Waals surface area contributed by atoms with E-state index in [0.717, 1.165) is 66.9 Å². The summed E-state index contributed by atoms with van der Waals surface area (Å²) in [7, 11) is 0. The Labute approximate surface area is 211 Å². The van der Waals surface area contributed by atoms with Crippen LogP contribution in [0.4, 0.5) is 0 Å². The zero-order valence-corrected chi connectivity index (χ0v) is 22.1.